The molecule has 0 aliphatic carbocycles. The third kappa shape index (κ3) is 3.03. The maximum absolute atomic E-state index is 9.08. The second-order valence-electron chi connectivity index (χ2n) is 5.76. The van der Waals surface area contributed by atoms with Gasteiger partial charge in [0.05, 0.1) is 17.3 Å². The first-order chi connectivity index (χ1) is 12.6. The van der Waals surface area contributed by atoms with Gasteiger partial charge in [-0.1, -0.05) is 46.3 Å². The van der Waals surface area contributed by atoms with Crippen LogP contribution in [0, 0.1) is 11.3 Å². The van der Waals surface area contributed by atoms with Crippen LogP contribution in [0.1, 0.15) is 17.0 Å². The van der Waals surface area contributed by atoms with Crippen molar-refractivity contribution >= 4 is 27.5 Å². The van der Waals surface area contributed by atoms with Crippen LogP contribution in [0.25, 0.3) is 16.9 Å². The number of hydrogen-bond donors (Lipinski definition) is 1. The zero-order valence-corrected chi connectivity index (χ0v) is 15.2. The molecule has 0 fully saturated rings. The van der Waals surface area contributed by atoms with Crippen LogP contribution >= 0.6 is 15.9 Å². The Balaban J connectivity index is 1.76. The molecule has 0 saturated heterocycles. The van der Waals surface area contributed by atoms with Crippen LogP contribution in [0.3, 0.4) is 0 Å². The van der Waals surface area contributed by atoms with Crippen molar-refractivity contribution in [2.75, 3.05) is 5.73 Å². The Hall–Kier alpha value is -3.24. The molecule has 126 valence electrons. The lowest BCUT2D eigenvalue weighted by atomic mass is 10.1. The highest BCUT2D eigenvalue weighted by molar-refractivity contribution is 9.10. The molecule has 0 saturated carbocycles. The molecule has 7 heteroatoms. The number of nitrogen functional groups attached to an aromatic ring is 1. The number of rotatable bonds is 3. The quantitative estimate of drug-likeness (QED) is 0.562. The van der Waals surface area contributed by atoms with Crippen molar-refractivity contribution in [3.05, 3.63) is 76.0 Å². The molecule has 2 N–H and O–H groups in total. The highest BCUT2D eigenvalue weighted by Gasteiger charge is 2.12. The minimum Gasteiger partial charge on any atom is -0.368 e. The molecule has 0 spiro atoms. The van der Waals surface area contributed by atoms with E-state index in [-0.39, 0.29) is 5.95 Å². The van der Waals surface area contributed by atoms with E-state index in [1.807, 2.05) is 42.5 Å². The van der Waals surface area contributed by atoms with Gasteiger partial charge in [0.2, 0.25) is 5.95 Å². The first-order valence-corrected chi connectivity index (χ1v) is 8.69. The predicted molar refractivity (Wildman–Crippen MR) is 102 cm³/mol. The van der Waals surface area contributed by atoms with E-state index in [0.717, 1.165) is 15.6 Å². The number of hydrogen-bond acceptors (Lipinski definition) is 5. The average molecular weight is 405 g/mol. The zero-order chi connectivity index (χ0) is 18.1. The maximum Gasteiger partial charge on any atom is 0.223 e. The number of nitrogens with zero attached hydrogens (tertiary/aromatic N) is 5. The third-order valence-corrected chi connectivity index (χ3v) is 4.76. The minimum atomic E-state index is 0.255. The number of nitriles is 1. The van der Waals surface area contributed by atoms with Crippen molar-refractivity contribution < 1.29 is 0 Å². The third-order valence-electron chi connectivity index (χ3n) is 3.99. The Kier molecular flexibility index (Phi) is 4.11. The van der Waals surface area contributed by atoms with Gasteiger partial charge in [0.1, 0.15) is 0 Å². The summed E-state index contributed by atoms with van der Waals surface area (Å²) >= 11 is 3.54. The molecule has 0 amide bonds. The molecule has 26 heavy (non-hydrogen) atoms. The summed E-state index contributed by atoms with van der Waals surface area (Å²) < 4.78 is 2.54. The highest BCUT2D eigenvalue weighted by Crippen LogP contribution is 2.23. The van der Waals surface area contributed by atoms with Gasteiger partial charge in [0.25, 0.3) is 0 Å². The van der Waals surface area contributed by atoms with Gasteiger partial charge < -0.3 is 5.73 Å². The van der Waals surface area contributed by atoms with Crippen molar-refractivity contribution in [3.63, 3.8) is 0 Å². The van der Waals surface area contributed by atoms with Crippen molar-refractivity contribution in [2.45, 2.75) is 6.42 Å². The fourth-order valence-electron chi connectivity index (χ4n) is 2.74. The first-order valence-electron chi connectivity index (χ1n) is 7.90. The monoisotopic (exact) mass is 404 g/mol. The molecule has 0 radical (unpaired) electrons. The molecule has 0 unspecified atom stereocenters. The second kappa shape index (κ2) is 6.58. The molecule has 0 atom stereocenters. The fraction of sp³-hybridized carbons (Fsp3) is 0.0526. The zero-order valence-electron chi connectivity index (χ0n) is 13.6. The van der Waals surface area contributed by atoms with Gasteiger partial charge in [-0.05, 0) is 23.8 Å². The molecule has 2 aromatic heterocycles. The normalized spacial score (nSPS) is 10.8. The lowest BCUT2D eigenvalue weighted by Crippen LogP contribution is -2.03. The molecule has 0 aliphatic rings. The van der Waals surface area contributed by atoms with E-state index >= 15 is 0 Å². The fourth-order valence-corrected chi connectivity index (χ4v) is 3.16. The largest absolute Gasteiger partial charge is 0.368 e. The summed E-state index contributed by atoms with van der Waals surface area (Å²) in [5.41, 5.74) is 9.83. The van der Waals surface area contributed by atoms with Crippen LogP contribution in [0.15, 0.2) is 59.1 Å². The number of aromatic nitrogens is 4. The number of benzene rings is 2. The lowest BCUT2D eigenvalue weighted by Gasteiger charge is -2.03. The molecule has 2 heterocycles. The number of halogens is 1. The van der Waals surface area contributed by atoms with Crippen molar-refractivity contribution in [3.8, 4) is 17.3 Å². The van der Waals surface area contributed by atoms with Crippen molar-refractivity contribution in [1.82, 2.24) is 19.6 Å². The first kappa shape index (κ1) is 16.2. The van der Waals surface area contributed by atoms with Gasteiger partial charge in [-0.2, -0.15) is 9.78 Å². The summed E-state index contributed by atoms with van der Waals surface area (Å²) in [6.07, 6.45) is 0.585. The summed E-state index contributed by atoms with van der Waals surface area (Å²) in [4.78, 5) is 8.99. The van der Waals surface area contributed by atoms with Gasteiger partial charge in [-0.15, -0.1) is 5.10 Å². The number of nitrogens with two attached hydrogens (primary N) is 1. The van der Waals surface area contributed by atoms with Gasteiger partial charge in [0.15, 0.2) is 11.5 Å². The van der Waals surface area contributed by atoms with E-state index in [1.54, 1.807) is 12.1 Å². The topological polar surface area (TPSA) is 92.9 Å². The van der Waals surface area contributed by atoms with Crippen LogP contribution in [-0.2, 0) is 6.42 Å². The molecule has 4 aromatic rings. The summed E-state index contributed by atoms with van der Waals surface area (Å²) in [5, 5.41) is 13.5. The molecule has 0 bridgehead atoms. The van der Waals surface area contributed by atoms with Crippen LogP contribution < -0.4 is 5.73 Å². The van der Waals surface area contributed by atoms with E-state index in [2.05, 4.69) is 37.1 Å². The number of anilines is 1. The van der Waals surface area contributed by atoms with E-state index in [1.165, 1.54) is 4.52 Å². The number of fused-ring (bicyclic) bond motifs is 1. The average Bonchev–Trinajstić information content (AvgIpc) is 3.07. The predicted octanol–water partition coefficient (Wildman–Crippen LogP) is 3.60. The van der Waals surface area contributed by atoms with E-state index < -0.39 is 0 Å². The Morgan fingerprint density at radius 3 is 2.73 bits per heavy atom. The van der Waals surface area contributed by atoms with Gasteiger partial charge in [-0.25, -0.2) is 9.97 Å². The maximum atomic E-state index is 9.08. The van der Waals surface area contributed by atoms with Crippen molar-refractivity contribution in [2.24, 2.45) is 0 Å². The van der Waals surface area contributed by atoms with E-state index in [0.29, 0.717) is 29.1 Å². The molecule has 4 rings (SSSR count). The van der Waals surface area contributed by atoms with Gasteiger partial charge >= 0.3 is 0 Å². The standard InChI is InChI=1S/C19H13BrN6/c20-15-7-2-1-5-13(15)9-17-24-18-10-16(23-19(22)26(18)25-17)14-6-3-4-12(8-14)11-21/h1-8,10H,9H2,(H2,22,23). The van der Waals surface area contributed by atoms with Crippen LogP contribution in [0.2, 0.25) is 0 Å². The minimum absolute atomic E-state index is 0.255. The smallest absolute Gasteiger partial charge is 0.223 e. The Morgan fingerprint density at radius 2 is 1.92 bits per heavy atom. The van der Waals surface area contributed by atoms with Gasteiger partial charge in [-0.3, -0.25) is 0 Å². The molecular formula is C19H13BrN6. The van der Waals surface area contributed by atoms with Gasteiger partial charge in [0, 0.05) is 22.5 Å². The van der Waals surface area contributed by atoms with Crippen LogP contribution in [-0.4, -0.2) is 19.6 Å². The molecule has 0 aliphatic heterocycles. The Morgan fingerprint density at radius 1 is 1.08 bits per heavy atom. The SMILES string of the molecule is N#Cc1cccc(-c2cc3nc(Cc4ccccc4Br)nn3c(N)n2)c1. The molecular weight excluding hydrogens is 392 g/mol. The second-order valence-corrected chi connectivity index (χ2v) is 6.61. The van der Waals surface area contributed by atoms with E-state index in [4.69, 9.17) is 11.0 Å². The summed E-state index contributed by atoms with van der Waals surface area (Å²) in [6, 6.07) is 19.1. The highest BCUT2D eigenvalue weighted by atomic mass is 79.9. The Bertz CT molecular complexity index is 1160. The van der Waals surface area contributed by atoms with Crippen molar-refractivity contribution in [1.29, 1.82) is 5.26 Å². The Labute approximate surface area is 158 Å². The lowest BCUT2D eigenvalue weighted by molar-refractivity contribution is 0.889. The van der Waals surface area contributed by atoms with Crippen LogP contribution in [0.5, 0.6) is 0 Å². The van der Waals surface area contributed by atoms with E-state index in [9.17, 15) is 0 Å². The summed E-state index contributed by atoms with van der Waals surface area (Å²) in [5.74, 6) is 0.916. The molecule has 2 aromatic carbocycles. The summed E-state index contributed by atoms with van der Waals surface area (Å²) in [7, 11) is 0. The summed E-state index contributed by atoms with van der Waals surface area (Å²) in [6.45, 7) is 0. The van der Waals surface area contributed by atoms with Crippen LogP contribution in [0.4, 0.5) is 5.95 Å². The molecule has 6 nitrogen and oxygen atoms in total.